The minimum Gasteiger partial charge on any atom is -0.490 e. The van der Waals surface area contributed by atoms with Crippen molar-refractivity contribution in [1.82, 2.24) is 0 Å². The highest BCUT2D eigenvalue weighted by Gasteiger charge is 2.15. The van der Waals surface area contributed by atoms with Crippen molar-refractivity contribution in [3.63, 3.8) is 0 Å². The van der Waals surface area contributed by atoms with Gasteiger partial charge in [0.2, 0.25) is 0 Å². The molecule has 1 heteroatoms. The molecule has 3 atom stereocenters. The number of rotatable bonds is 9. The van der Waals surface area contributed by atoms with E-state index < -0.39 is 0 Å². The molecule has 0 N–H and O–H groups in total. The molecule has 0 spiro atoms. The van der Waals surface area contributed by atoms with Gasteiger partial charge in [0, 0.05) is 0 Å². The Morgan fingerprint density at radius 2 is 1.33 bits per heavy atom. The van der Waals surface area contributed by atoms with Crippen LogP contribution in [0.3, 0.4) is 0 Å². The summed E-state index contributed by atoms with van der Waals surface area (Å²) in [5.41, 5.74) is 2.54. The fourth-order valence-corrected chi connectivity index (χ4v) is 2.87. The van der Waals surface area contributed by atoms with Crippen LogP contribution in [-0.4, -0.2) is 6.10 Å². The van der Waals surface area contributed by atoms with E-state index >= 15 is 0 Å². The highest BCUT2D eigenvalue weighted by atomic mass is 16.5. The van der Waals surface area contributed by atoms with Gasteiger partial charge in [-0.25, -0.2) is 0 Å². The fourth-order valence-electron chi connectivity index (χ4n) is 2.87. The SMILES string of the molecule is CC.Cc1ccc(OC(C)CCC(C)C(C)CCC(C)C)c(C)c1. The molecular weight excluding hydrogens is 292 g/mol. The second kappa shape index (κ2) is 12.4. The summed E-state index contributed by atoms with van der Waals surface area (Å²) in [6.45, 7) is 19.9. The fraction of sp³-hybridized carbons (Fsp3) is 0.739. The van der Waals surface area contributed by atoms with Gasteiger partial charge in [-0.1, -0.05) is 72.1 Å². The molecule has 0 saturated heterocycles. The van der Waals surface area contributed by atoms with Crippen molar-refractivity contribution in [3.8, 4) is 5.75 Å². The van der Waals surface area contributed by atoms with Crippen molar-refractivity contribution in [3.05, 3.63) is 29.3 Å². The Kier molecular flexibility index (Phi) is 11.9. The van der Waals surface area contributed by atoms with Gasteiger partial charge < -0.3 is 4.74 Å². The summed E-state index contributed by atoms with van der Waals surface area (Å²) in [6.07, 6.45) is 5.39. The van der Waals surface area contributed by atoms with Gasteiger partial charge in [0.15, 0.2) is 0 Å². The number of hydrogen-bond acceptors (Lipinski definition) is 1. The Morgan fingerprint density at radius 3 is 1.83 bits per heavy atom. The predicted octanol–water partition coefficient (Wildman–Crippen LogP) is 7.59. The molecule has 0 aliphatic carbocycles. The summed E-state index contributed by atoms with van der Waals surface area (Å²) in [5, 5.41) is 0. The maximum absolute atomic E-state index is 6.13. The zero-order valence-corrected chi connectivity index (χ0v) is 17.8. The number of benzene rings is 1. The van der Waals surface area contributed by atoms with Crippen LogP contribution in [0.15, 0.2) is 18.2 Å². The molecule has 0 aromatic heterocycles. The van der Waals surface area contributed by atoms with E-state index in [-0.39, 0.29) is 0 Å². The normalized spacial score (nSPS) is 14.6. The van der Waals surface area contributed by atoms with E-state index in [0.717, 1.165) is 29.9 Å². The van der Waals surface area contributed by atoms with Gasteiger partial charge in [-0.05, 0) is 63.0 Å². The first-order valence-corrected chi connectivity index (χ1v) is 10.0. The van der Waals surface area contributed by atoms with Crippen LogP contribution in [0.2, 0.25) is 0 Å². The largest absolute Gasteiger partial charge is 0.490 e. The average Bonchev–Trinajstić information content (AvgIpc) is 2.54. The number of aryl methyl sites for hydroxylation is 2. The van der Waals surface area contributed by atoms with Crippen LogP contribution in [0.5, 0.6) is 5.75 Å². The summed E-state index contributed by atoms with van der Waals surface area (Å²) in [7, 11) is 0. The molecule has 0 radical (unpaired) electrons. The van der Waals surface area contributed by atoms with Crippen LogP contribution in [0, 0.1) is 31.6 Å². The van der Waals surface area contributed by atoms with E-state index in [4.69, 9.17) is 4.74 Å². The van der Waals surface area contributed by atoms with Gasteiger partial charge in [-0.15, -0.1) is 0 Å². The lowest BCUT2D eigenvalue weighted by atomic mass is 9.86. The summed E-state index contributed by atoms with van der Waals surface area (Å²) in [4.78, 5) is 0. The lowest BCUT2D eigenvalue weighted by Gasteiger charge is -2.23. The molecule has 0 saturated carbocycles. The van der Waals surface area contributed by atoms with Crippen LogP contribution in [-0.2, 0) is 0 Å². The maximum Gasteiger partial charge on any atom is 0.122 e. The molecule has 1 aromatic rings. The first-order chi connectivity index (χ1) is 11.3. The third kappa shape index (κ3) is 9.35. The third-order valence-corrected chi connectivity index (χ3v) is 4.86. The van der Waals surface area contributed by atoms with E-state index in [2.05, 4.69) is 66.7 Å². The van der Waals surface area contributed by atoms with Gasteiger partial charge in [-0.2, -0.15) is 0 Å². The van der Waals surface area contributed by atoms with Gasteiger partial charge in [0.25, 0.3) is 0 Å². The van der Waals surface area contributed by atoms with Crippen LogP contribution in [0.1, 0.15) is 85.3 Å². The summed E-state index contributed by atoms with van der Waals surface area (Å²) < 4.78 is 6.13. The van der Waals surface area contributed by atoms with Crippen molar-refractivity contribution in [1.29, 1.82) is 0 Å². The van der Waals surface area contributed by atoms with Crippen LogP contribution in [0.25, 0.3) is 0 Å². The first-order valence-electron chi connectivity index (χ1n) is 10.0. The third-order valence-electron chi connectivity index (χ3n) is 4.86. The van der Waals surface area contributed by atoms with Crippen molar-refractivity contribution < 1.29 is 4.74 Å². The van der Waals surface area contributed by atoms with Crippen molar-refractivity contribution >= 4 is 0 Å². The molecule has 0 amide bonds. The molecule has 0 fully saturated rings. The standard InChI is InChI=1S/C21H36O.C2H6/c1-15(2)8-10-17(4)18(5)11-12-20(7)22-21-13-9-16(3)14-19(21)6;1-2/h9,13-15,17-18,20H,8,10-12H2,1-7H3;1-2H3. The number of ether oxygens (including phenoxy) is 1. The molecule has 3 unspecified atom stereocenters. The minimum absolute atomic E-state index is 0.293. The zero-order chi connectivity index (χ0) is 18.7. The van der Waals surface area contributed by atoms with E-state index in [1.165, 1.54) is 30.4 Å². The molecule has 0 heterocycles. The molecule has 1 rings (SSSR count). The second-order valence-electron chi connectivity index (χ2n) is 7.70. The van der Waals surface area contributed by atoms with Crippen molar-refractivity contribution in [2.75, 3.05) is 0 Å². The molecule has 0 bridgehead atoms. The Balaban J connectivity index is 0.00000254. The lowest BCUT2D eigenvalue weighted by Crippen LogP contribution is -2.16. The second-order valence-corrected chi connectivity index (χ2v) is 7.70. The van der Waals surface area contributed by atoms with E-state index in [9.17, 15) is 0 Å². The quantitative estimate of drug-likeness (QED) is 0.452. The van der Waals surface area contributed by atoms with Gasteiger partial charge in [0.1, 0.15) is 5.75 Å². The van der Waals surface area contributed by atoms with Gasteiger partial charge in [0.05, 0.1) is 6.10 Å². The van der Waals surface area contributed by atoms with E-state index in [0.29, 0.717) is 6.10 Å². The molecule has 24 heavy (non-hydrogen) atoms. The topological polar surface area (TPSA) is 9.23 Å². The van der Waals surface area contributed by atoms with Crippen LogP contribution < -0.4 is 4.74 Å². The van der Waals surface area contributed by atoms with Crippen LogP contribution in [0.4, 0.5) is 0 Å². The smallest absolute Gasteiger partial charge is 0.122 e. The first kappa shape index (κ1) is 23.0. The van der Waals surface area contributed by atoms with Crippen molar-refractivity contribution in [2.24, 2.45) is 17.8 Å². The monoisotopic (exact) mass is 334 g/mol. The lowest BCUT2D eigenvalue weighted by molar-refractivity contribution is 0.188. The Bertz CT molecular complexity index is 436. The van der Waals surface area contributed by atoms with Crippen molar-refractivity contribution in [2.45, 2.75) is 94.1 Å². The van der Waals surface area contributed by atoms with E-state index in [1.807, 2.05) is 13.8 Å². The zero-order valence-electron chi connectivity index (χ0n) is 17.8. The summed E-state index contributed by atoms with van der Waals surface area (Å²) in [5.74, 6) is 3.46. The molecule has 1 nitrogen and oxygen atoms in total. The molecular formula is C23H42O. The Morgan fingerprint density at radius 1 is 0.792 bits per heavy atom. The predicted molar refractivity (Wildman–Crippen MR) is 109 cm³/mol. The summed E-state index contributed by atoms with van der Waals surface area (Å²) in [6, 6.07) is 6.43. The summed E-state index contributed by atoms with van der Waals surface area (Å²) >= 11 is 0. The van der Waals surface area contributed by atoms with E-state index in [1.54, 1.807) is 0 Å². The van der Waals surface area contributed by atoms with Crippen LogP contribution >= 0.6 is 0 Å². The minimum atomic E-state index is 0.293. The molecule has 0 aliphatic rings. The maximum atomic E-state index is 6.13. The molecule has 1 aromatic carbocycles. The molecule has 0 aliphatic heterocycles. The Hall–Kier alpha value is -0.980. The highest BCUT2D eigenvalue weighted by molar-refractivity contribution is 5.35. The molecule has 140 valence electrons. The average molecular weight is 335 g/mol. The van der Waals surface area contributed by atoms with Gasteiger partial charge in [-0.3, -0.25) is 0 Å². The Labute approximate surface area is 152 Å². The van der Waals surface area contributed by atoms with Gasteiger partial charge >= 0.3 is 0 Å². The number of hydrogen-bond donors (Lipinski definition) is 0. The highest BCUT2D eigenvalue weighted by Crippen LogP contribution is 2.26.